The van der Waals surface area contributed by atoms with Gasteiger partial charge in [-0.3, -0.25) is 15.0 Å². The first kappa shape index (κ1) is 30.0. The highest BCUT2D eigenvalue weighted by Crippen LogP contribution is 2.44. The van der Waals surface area contributed by atoms with Gasteiger partial charge < -0.3 is 24.1 Å². The van der Waals surface area contributed by atoms with Crippen molar-refractivity contribution >= 4 is 23.5 Å². The second-order valence-corrected chi connectivity index (χ2v) is 9.72. The molecule has 0 saturated heterocycles. The van der Waals surface area contributed by atoms with Gasteiger partial charge in [0.1, 0.15) is 5.54 Å². The van der Waals surface area contributed by atoms with Crippen molar-refractivity contribution < 1.29 is 38.4 Å². The Hall–Kier alpha value is -5.49. The van der Waals surface area contributed by atoms with Crippen molar-refractivity contribution in [1.29, 1.82) is 0 Å². The van der Waals surface area contributed by atoms with Gasteiger partial charge in [0.15, 0.2) is 6.04 Å². The number of hydrogen-bond donors (Lipinski definition) is 2. The number of rotatable bonds is 10. The summed E-state index contributed by atoms with van der Waals surface area (Å²) in [6.45, 7) is -0.376. The van der Waals surface area contributed by atoms with E-state index < -0.39 is 35.5 Å². The Morgan fingerprint density at radius 3 is 2.07 bits per heavy atom. The number of benzene rings is 3. The fraction of sp³-hybridized carbons (Fsp3) is 0.219. The average Bonchev–Trinajstić information content (AvgIpc) is 3.19. The van der Waals surface area contributed by atoms with E-state index in [1.807, 2.05) is 0 Å². The number of nitrogens with zero attached hydrogens (tertiary/aromatic N) is 3. The first-order valence-electron chi connectivity index (χ1n) is 13.6. The van der Waals surface area contributed by atoms with E-state index in [2.05, 4.69) is 15.3 Å². The summed E-state index contributed by atoms with van der Waals surface area (Å²) in [5, 5.41) is 14.0. The van der Waals surface area contributed by atoms with E-state index in [0.29, 0.717) is 16.7 Å². The van der Waals surface area contributed by atoms with E-state index in [4.69, 9.17) is 18.9 Å². The van der Waals surface area contributed by atoms with Crippen molar-refractivity contribution in [1.82, 2.24) is 15.3 Å². The molecule has 3 atom stereocenters. The van der Waals surface area contributed by atoms with E-state index >= 15 is 0 Å². The molecule has 0 bridgehead atoms. The van der Waals surface area contributed by atoms with E-state index in [-0.39, 0.29) is 30.0 Å². The third-order valence-electron chi connectivity index (χ3n) is 7.32. The van der Waals surface area contributed by atoms with Crippen LogP contribution in [0.25, 0.3) is 0 Å². The van der Waals surface area contributed by atoms with Gasteiger partial charge in [0, 0.05) is 5.56 Å². The number of ether oxygens (including phenoxy) is 4. The summed E-state index contributed by atoms with van der Waals surface area (Å²) in [6.07, 6.45) is -1.75. The Balaban J connectivity index is 1.77. The maximum atomic E-state index is 14.1. The number of aromatic nitrogens is 2. The quantitative estimate of drug-likeness (QED) is 0.259. The van der Waals surface area contributed by atoms with Crippen LogP contribution in [0.1, 0.15) is 22.7 Å². The molecule has 3 aromatic carbocycles. The Labute approximate surface area is 253 Å². The zero-order valence-corrected chi connectivity index (χ0v) is 24.2. The number of hydrogen-bond acceptors (Lipinski definition) is 10. The molecule has 5 rings (SSSR count). The number of amides is 1. The number of carboxylic acids is 1. The lowest BCUT2D eigenvalue weighted by atomic mass is 9.77. The number of anilines is 1. The van der Waals surface area contributed by atoms with Crippen LogP contribution in [-0.4, -0.2) is 66.9 Å². The molecule has 1 amide bonds. The SMILES string of the molecule is COC(=O)[C@@H](c1ccccc1)N1C(=O)CN[C@](c2ccccc2)([C@H](Oc2nc(OC)cc(OC)n2)C(=O)O)c2ccccc21. The van der Waals surface area contributed by atoms with Gasteiger partial charge in [-0.05, 0) is 17.2 Å². The Morgan fingerprint density at radius 2 is 1.48 bits per heavy atom. The molecular weight excluding hydrogens is 568 g/mol. The summed E-state index contributed by atoms with van der Waals surface area (Å²) in [6, 6.07) is 24.2. The van der Waals surface area contributed by atoms with Gasteiger partial charge in [0.25, 0.3) is 0 Å². The molecule has 12 heteroatoms. The molecular formula is C32H30N4O8. The van der Waals surface area contributed by atoms with Crippen LogP contribution in [0, 0.1) is 0 Å². The number of methoxy groups -OCH3 is 3. The average molecular weight is 599 g/mol. The summed E-state index contributed by atoms with van der Waals surface area (Å²) in [7, 11) is 4.02. The van der Waals surface area contributed by atoms with Crippen molar-refractivity contribution in [2.24, 2.45) is 0 Å². The highest BCUT2D eigenvalue weighted by atomic mass is 16.5. The number of fused-ring (bicyclic) bond motifs is 1. The van der Waals surface area contributed by atoms with Crippen LogP contribution in [0.4, 0.5) is 5.69 Å². The molecule has 1 aliphatic heterocycles. The number of carbonyl (C=O) groups is 3. The minimum Gasteiger partial charge on any atom is -0.481 e. The molecule has 44 heavy (non-hydrogen) atoms. The monoisotopic (exact) mass is 598 g/mol. The zero-order valence-electron chi connectivity index (χ0n) is 24.2. The standard InChI is InChI=1S/C32H30N4O8/c1-41-24-18-25(42-2)35-31(34-24)44-28(29(38)39)32(21-14-8-5-9-15-21)22-16-10-11-17-23(22)36(26(37)19-33-32)27(30(40)43-3)20-12-6-4-7-13-20/h4-18,27-28,33H,19H2,1-3H3,(H,38,39)/t27-,28-,32+/m1/s1. The molecule has 0 radical (unpaired) electrons. The summed E-state index contributed by atoms with van der Waals surface area (Å²) in [5.74, 6) is -2.38. The van der Waals surface area contributed by atoms with Crippen LogP contribution in [0.15, 0.2) is 91.0 Å². The zero-order chi connectivity index (χ0) is 31.3. The highest BCUT2D eigenvalue weighted by molar-refractivity contribution is 6.03. The van der Waals surface area contributed by atoms with E-state index in [1.54, 1.807) is 84.9 Å². The summed E-state index contributed by atoms with van der Waals surface area (Å²) >= 11 is 0. The number of para-hydroxylation sites is 1. The molecule has 0 spiro atoms. The van der Waals surface area contributed by atoms with Crippen LogP contribution in [0.3, 0.4) is 0 Å². The lowest BCUT2D eigenvalue weighted by molar-refractivity contribution is -0.149. The molecule has 1 aliphatic rings. The number of aliphatic carboxylic acids is 1. The fourth-order valence-electron chi connectivity index (χ4n) is 5.39. The Bertz CT molecular complexity index is 1630. The van der Waals surface area contributed by atoms with Crippen molar-refractivity contribution in [3.63, 3.8) is 0 Å². The first-order chi connectivity index (χ1) is 21.3. The van der Waals surface area contributed by atoms with Crippen LogP contribution >= 0.6 is 0 Å². The van der Waals surface area contributed by atoms with E-state index in [9.17, 15) is 19.5 Å². The third kappa shape index (κ3) is 5.50. The van der Waals surface area contributed by atoms with Crippen LogP contribution in [-0.2, 0) is 24.7 Å². The maximum Gasteiger partial charge on any atom is 0.347 e. The van der Waals surface area contributed by atoms with Crippen LogP contribution < -0.4 is 24.4 Å². The van der Waals surface area contributed by atoms with E-state index in [0.717, 1.165) is 0 Å². The predicted octanol–water partition coefficient (Wildman–Crippen LogP) is 3.12. The molecule has 226 valence electrons. The third-order valence-corrected chi connectivity index (χ3v) is 7.32. The molecule has 0 fully saturated rings. The Morgan fingerprint density at radius 1 is 0.886 bits per heavy atom. The number of carbonyl (C=O) groups excluding carboxylic acids is 2. The molecule has 1 aromatic heterocycles. The molecule has 4 aromatic rings. The van der Waals surface area contributed by atoms with E-state index in [1.165, 1.54) is 32.3 Å². The summed E-state index contributed by atoms with van der Waals surface area (Å²) < 4.78 is 21.7. The lowest BCUT2D eigenvalue weighted by Crippen LogP contribution is -2.58. The number of nitrogens with one attached hydrogen (secondary N) is 1. The molecule has 0 unspecified atom stereocenters. The Kier molecular flexibility index (Phi) is 8.72. The van der Waals surface area contributed by atoms with Gasteiger partial charge in [-0.1, -0.05) is 78.9 Å². The van der Waals surface area contributed by atoms with Crippen molar-refractivity contribution in [3.05, 3.63) is 108 Å². The summed E-state index contributed by atoms with van der Waals surface area (Å²) in [4.78, 5) is 50.3. The van der Waals surface area contributed by atoms with Gasteiger partial charge in [0.2, 0.25) is 23.8 Å². The van der Waals surface area contributed by atoms with Crippen LogP contribution in [0.5, 0.6) is 17.8 Å². The van der Waals surface area contributed by atoms with Gasteiger partial charge in [-0.2, -0.15) is 9.97 Å². The lowest BCUT2D eigenvalue weighted by Gasteiger charge is -2.39. The molecule has 0 aliphatic carbocycles. The second kappa shape index (κ2) is 12.8. The first-order valence-corrected chi connectivity index (χ1v) is 13.6. The van der Waals surface area contributed by atoms with Gasteiger partial charge in [0.05, 0.1) is 39.6 Å². The highest BCUT2D eigenvalue weighted by Gasteiger charge is 2.53. The van der Waals surface area contributed by atoms with Crippen molar-refractivity contribution in [2.45, 2.75) is 17.7 Å². The number of esters is 1. The smallest absolute Gasteiger partial charge is 0.347 e. The van der Waals surface area contributed by atoms with Gasteiger partial charge >= 0.3 is 17.9 Å². The maximum absolute atomic E-state index is 14.1. The minimum absolute atomic E-state index is 0.0871. The molecule has 12 nitrogen and oxygen atoms in total. The molecule has 2 heterocycles. The normalized spacial score (nSPS) is 17.4. The number of carboxylic acid groups (broad SMARTS) is 1. The van der Waals surface area contributed by atoms with Gasteiger partial charge in [-0.15, -0.1) is 0 Å². The van der Waals surface area contributed by atoms with Crippen LogP contribution in [0.2, 0.25) is 0 Å². The van der Waals surface area contributed by atoms with Gasteiger partial charge in [-0.25, -0.2) is 9.59 Å². The molecule has 2 N–H and O–H groups in total. The topological polar surface area (TPSA) is 149 Å². The predicted molar refractivity (Wildman–Crippen MR) is 158 cm³/mol. The minimum atomic E-state index is -1.75. The molecule has 0 saturated carbocycles. The van der Waals surface area contributed by atoms with Crippen molar-refractivity contribution in [3.8, 4) is 17.8 Å². The fourth-order valence-corrected chi connectivity index (χ4v) is 5.39. The largest absolute Gasteiger partial charge is 0.481 e. The summed E-state index contributed by atoms with van der Waals surface area (Å²) in [5.41, 5.74) is -0.0875. The van der Waals surface area contributed by atoms with Crippen molar-refractivity contribution in [2.75, 3.05) is 32.8 Å². The second-order valence-electron chi connectivity index (χ2n) is 9.72.